The van der Waals surface area contributed by atoms with Gasteiger partial charge in [0, 0.05) is 13.5 Å². The third-order valence-corrected chi connectivity index (χ3v) is 1.83. The van der Waals surface area contributed by atoms with Gasteiger partial charge in [0.1, 0.15) is 0 Å². The lowest BCUT2D eigenvalue weighted by atomic mass is 10.2. The zero-order valence-electron chi connectivity index (χ0n) is 10.6. The van der Waals surface area contributed by atoms with E-state index in [2.05, 4.69) is 10.6 Å². The maximum atomic E-state index is 11.2. The Morgan fingerprint density at radius 3 is 2.18 bits per heavy atom. The molecule has 0 aliphatic carbocycles. The summed E-state index contributed by atoms with van der Waals surface area (Å²) in [5.74, 6) is -0.390. The van der Waals surface area contributed by atoms with Crippen LogP contribution in [0.25, 0.3) is 0 Å². The highest BCUT2D eigenvalue weighted by Crippen LogP contribution is 1.96. The molecule has 0 atom stereocenters. The number of rotatable bonds is 4. The smallest absolute Gasteiger partial charge is 0.239 e. The van der Waals surface area contributed by atoms with Gasteiger partial charge in [-0.15, -0.1) is 0 Å². The van der Waals surface area contributed by atoms with E-state index >= 15 is 0 Å². The lowest BCUT2D eigenvalue weighted by molar-refractivity contribution is -0.125. The van der Waals surface area contributed by atoms with Crippen LogP contribution in [0.5, 0.6) is 0 Å². The van der Waals surface area contributed by atoms with Crippen LogP contribution in [0, 0.1) is 0 Å². The molecule has 0 unspecified atom stereocenters. The maximum absolute atomic E-state index is 11.2. The molecule has 0 aliphatic rings. The fourth-order valence-corrected chi connectivity index (χ4v) is 1.06. The molecule has 1 aromatic carbocycles. The van der Waals surface area contributed by atoms with Crippen molar-refractivity contribution >= 4 is 11.8 Å². The molecule has 4 nitrogen and oxygen atoms in total. The van der Waals surface area contributed by atoms with Gasteiger partial charge in [0.05, 0.1) is 6.54 Å². The van der Waals surface area contributed by atoms with Crippen molar-refractivity contribution in [3.63, 3.8) is 0 Å². The predicted octanol–water partition coefficient (Wildman–Crippen LogP) is 1.47. The highest BCUT2D eigenvalue weighted by atomic mass is 16.2. The lowest BCUT2D eigenvalue weighted by Gasteiger charge is -2.05. The molecule has 2 amide bonds. The minimum absolute atomic E-state index is 0.0299. The molecule has 0 aliphatic heterocycles. The molecule has 0 heterocycles. The number of amides is 2. The van der Waals surface area contributed by atoms with Crippen molar-refractivity contribution in [3.8, 4) is 0 Å². The highest BCUT2D eigenvalue weighted by molar-refractivity contribution is 5.83. The molecular formula is C13H20N2O2. The third-order valence-electron chi connectivity index (χ3n) is 1.83. The van der Waals surface area contributed by atoms with Gasteiger partial charge in [0.2, 0.25) is 11.8 Å². The van der Waals surface area contributed by atoms with Gasteiger partial charge in [0.15, 0.2) is 0 Å². The van der Waals surface area contributed by atoms with E-state index < -0.39 is 0 Å². The Hall–Kier alpha value is -1.84. The van der Waals surface area contributed by atoms with Crippen LogP contribution in [0.3, 0.4) is 0 Å². The standard InChI is InChI=1S/C11H14N2O2.C2H6/c1-9(14)12-8-11(15)13-7-10-5-3-2-4-6-10;1-2/h2-6H,7-8H2,1H3,(H,12,14)(H,13,15);1-2H3. The Kier molecular flexibility index (Phi) is 8.37. The zero-order valence-corrected chi connectivity index (χ0v) is 10.6. The van der Waals surface area contributed by atoms with Gasteiger partial charge >= 0.3 is 0 Å². The Labute approximate surface area is 102 Å². The maximum Gasteiger partial charge on any atom is 0.239 e. The molecule has 1 aromatic rings. The minimum Gasteiger partial charge on any atom is -0.350 e. The first kappa shape index (κ1) is 15.2. The van der Waals surface area contributed by atoms with Crippen molar-refractivity contribution in [1.82, 2.24) is 10.6 Å². The van der Waals surface area contributed by atoms with Gasteiger partial charge in [-0.2, -0.15) is 0 Å². The largest absolute Gasteiger partial charge is 0.350 e. The molecule has 0 bridgehead atoms. The second-order valence-corrected chi connectivity index (χ2v) is 3.17. The molecule has 0 saturated carbocycles. The normalized spacial score (nSPS) is 8.65. The molecule has 4 heteroatoms. The Morgan fingerprint density at radius 2 is 1.65 bits per heavy atom. The minimum atomic E-state index is -0.204. The van der Waals surface area contributed by atoms with Crippen LogP contribution in [0.4, 0.5) is 0 Å². The summed E-state index contributed by atoms with van der Waals surface area (Å²) in [6.45, 7) is 5.89. The van der Waals surface area contributed by atoms with Crippen molar-refractivity contribution in [2.45, 2.75) is 27.3 Å². The first-order valence-corrected chi connectivity index (χ1v) is 5.73. The molecule has 1 rings (SSSR count). The first-order valence-electron chi connectivity index (χ1n) is 5.73. The summed E-state index contributed by atoms with van der Waals surface area (Å²) in [4.78, 5) is 21.7. The Balaban J connectivity index is 0.00000121. The molecule has 94 valence electrons. The summed E-state index contributed by atoms with van der Waals surface area (Å²) in [5, 5.41) is 5.13. The van der Waals surface area contributed by atoms with E-state index in [-0.39, 0.29) is 18.4 Å². The summed E-state index contributed by atoms with van der Waals surface area (Å²) < 4.78 is 0. The summed E-state index contributed by atoms with van der Waals surface area (Å²) in [7, 11) is 0. The van der Waals surface area contributed by atoms with Crippen molar-refractivity contribution in [2.75, 3.05) is 6.54 Å². The van der Waals surface area contributed by atoms with E-state index in [9.17, 15) is 9.59 Å². The van der Waals surface area contributed by atoms with Crippen LogP contribution >= 0.6 is 0 Å². The van der Waals surface area contributed by atoms with Crippen LogP contribution in [0.15, 0.2) is 30.3 Å². The quantitative estimate of drug-likeness (QED) is 0.831. The Morgan fingerprint density at radius 1 is 1.06 bits per heavy atom. The fourth-order valence-electron chi connectivity index (χ4n) is 1.06. The number of benzene rings is 1. The first-order chi connectivity index (χ1) is 8.18. The van der Waals surface area contributed by atoms with Crippen LogP contribution in [0.1, 0.15) is 26.3 Å². The Bertz CT molecular complexity index is 337. The number of nitrogens with one attached hydrogen (secondary N) is 2. The van der Waals surface area contributed by atoms with Crippen molar-refractivity contribution in [2.24, 2.45) is 0 Å². The van der Waals surface area contributed by atoms with E-state index in [1.807, 2.05) is 44.2 Å². The van der Waals surface area contributed by atoms with E-state index in [1.54, 1.807) is 0 Å². The van der Waals surface area contributed by atoms with E-state index in [0.29, 0.717) is 6.54 Å². The molecule has 0 saturated heterocycles. The highest BCUT2D eigenvalue weighted by Gasteiger charge is 2.00. The summed E-state index contributed by atoms with van der Waals surface area (Å²) in [6, 6.07) is 9.60. The fraction of sp³-hybridized carbons (Fsp3) is 0.385. The van der Waals surface area contributed by atoms with Gasteiger partial charge < -0.3 is 10.6 Å². The number of hydrogen-bond donors (Lipinski definition) is 2. The molecule has 2 N–H and O–H groups in total. The number of hydrogen-bond acceptors (Lipinski definition) is 2. The topological polar surface area (TPSA) is 58.2 Å². The molecule has 0 radical (unpaired) electrons. The molecular weight excluding hydrogens is 216 g/mol. The van der Waals surface area contributed by atoms with Crippen LogP contribution in [-0.2, 0) is 16.1 Å². The number of carbonyl (C=O) groups excluding carboxylic acids is 2. The van der Waals surface area contributed by atoms with E-state index in [0.717, 1.165) is 5.56 Å². The van der Waals surface area contributed by atoms with E-state index in [4.69, 9.17) is 0 Å². The van der Waals surface area contributed by atoms with Crippen LogP contribution in [-0.4, -0.2) is 18.4 Å². The second kappa shape index (κ2) is 9.39. The zero-order chi connectivity index (χ0) is 13.1. The van der Waals surface area contributed by atoms with Gasteiger partial charge in [-0.3, -0.25) is 9.59 Å². The van der Waals surface area contributed by atoms with Gasteiger partial charge in [-0.05, 0) is 5.56 Å². The lowest BCUT2D eigenvalue weighted by Crippen LogP contribution is -2.35. The third kappa shape index (κ3) is 8.02. The van der Waals surface area contributed by atoms with E-state index in [1.165, 1.54) is 6.92 Å². The van der Waals surface area contributed by atoms with Crippen molar-refractivity contribution in [3.05, 3.63) is 35.9 Å². The molecule has 0 fully saturated rings. The predicted molar refractivity (Wildman–Crippen MR) is 68.3 cm³/mol. The summed E-state index contributed by atoms with van der Waals surface area (Å²) in [5.41, 5.74) is 1.04. The van der Waals surface area contributed by atoms with Gasteiger partial charge in [-0.1, -0.05) is 44.2 Å². The molecule has 0 spiro atoms. The summed E-state index contributed by atoms with van der Waals surface area (Å²) >= 11 is 0. The summed E-state index contributed by atoms with van der Waals surface area (Å²) in [6.07, 6.45) is 0. The SMILES string of the molecule is CC.CC(=O)NCC(=O)NCc1ccccc1. The monoisotopic (exact) mass is 236 g/mol. The van der Waals surface area contributed by atoms with Crippen molar-refractivity contribution in [1.29, 1.82) is 0 Å². The van der Waals surface area contributed by atoms with Crippen LogP contribution < -0.4 is 10.6 Å². The average Bonchev–Trinajstić information content (AvgIpc) is 2.37. The molecule has 17 heavy (non-hydrogen) atoms. The van der Waals surface area contributed by atoms with Crippen molar-refractivity contribution < 1.29 is 9.59 Å². The van der Waals surface area contributed by atoms with Gasteiger partial charge in [0.25, 0.3) is 0 Å². The average molecular weight is 236 g/mol. The van der Waals surface area contributed by atoms with Gasteiger partial charge in [-0.25, -0.2) is 0 Å². The molecule has 0 aromatic heterocycles. The van der Waals surface area contributed by atoms with Crippen LogP contribution in [0.2, 0.25) is 0 Å². The second-order valence-electron chi connectivity index (χ2n) is 3.17. The number of carbonyl (C=O) groups is 2.